The molecule has 1 aliphatic carbocycles. The summed E-state index contributed by atoms with van der Waals surface area (Å²) in [6.07, 6.45) is 9.59. The van der Waals surface area contributed by atoms with Gasteiger partial charge in [-0.05, 0) is 86.9 Å². The maximum absolute atomic E-state index is 13.6. The first kappa shape index (κ1) is 44.6. The van der Waals surface area contributed by atoms with Crippen molar-refractivity contribution in [1.29, 1.82) is 0 Å². The number of pyridine rings is 2. The average molecular weight is 913 g/mol. The number of Topliss-reactive ketones (excluding diaryl/α,β-unsaturated/α-hetero) is 1. The topological polar surface area (TPSA) is 190 Å². The number of aromatic nitrogens is 4. The SMILES string of the molecule is CC(=O)c1c(C)c2cnc(Nc3ccc(N4CCN(CCN5CCC(CN6CCN(c7ccc8c(c7)CN(C7CCC(=O)NC7=O)C8=O)CC6)CC5=O)CC4)cn3)nc2n(C2CCCC2)c1=O. The zero-order chi connectivity index (χ0) is 46.3. The van der Waals surface area contributed by atoms with Gasteiger partial charge in [0, 0.05) is 127 Å². The molecule has 6 aliphatic rings. The van der Waals surface area contributed by atoms with Gasteiger partial charge in [0.15, 0.2) is 5.78 Å². The van der Waals surface area contributed by atoms with Crippen LogP contribution in [0.15, 0.2) is 47.5 Å². The predicted molar refractivity (Wildman–Crippen MR) is 253 cm³/mol. The van der Waals surface area contributed by atoms with E-state index in [1.165, 1.54) is 6.92 Å². The number of fused-ring (bicyclic) bond motifs is 2. The molecule has 1 aromatic carbocycles. The highest BCUT2D eigenvalue weighted by Crippen LogP contribution is 2.34. The zero-order valence-corrected chi connectivity index (χ0v) is 38.5. The summed E-state index contributed by atoms with van der Waals surface area (Å²) in [5.41, 5.74) is 4.76. The van der Waals surface area contributed by atoms with E-state index in [4.69, 9.17) is 4.98 Å². The molecular formula is C49H60N12O6. The highest BCUT2D eigenvalue weighted by molar-refractivity contribution is 6.05. The van der Waals surface area contributed by atoms with Gasteiger partial charge >= 0.3 is 0 Å². The first-order chi connectivity index (χ1) is 32.5. The molecule has 1 saturated carbocycles. The van der Waals surface area contributed by atoms with Gasteiger partial charge in [-0.3, -0.25) is 48.5 Å². The van der Waals surface area contributed by atoms with E-state index in [-0.39, 0.29) is 47.1 Å². The predicted octanol–water partition coefficient (Wildman–Crippen LogP) is 3.50. The van der Waals surface area contributed by atoms with Crippen LogP contribution in [0.5, 0.6) is 0 Å². The summed E-state index contributed by atoms with van der Waals surface area (Å²) in [6.45, 7) is 14.0. The zero-order valence-electron chi connectivity index (χ0n) is 38.5. The molecule has 5 aliphatic heterocycles. The van der Waals surface area contributed by atoms with E-state index in [0.29, 0.717) is 59.2 Å². The highest BCUT2D eigenvalue weighted by Gasteiger charge is 2.39. The van der Waals surface area contributed by atoms with Crippen LogP contribution in [-0.2, 0) is 20.9 Å². The monoisotopic (exact) mass is 912 g/mol. The Hall–Kier alpha value is -6.27. The van der Waals surface area contributed by atoms with Gasteiger partial charge in [0.25, 0.3) is 11.5 Å². The first-order valence-corrected chi connectivity index (χ1v) is 24.1. The number of carbonyl (C=O) groups excluding carboxylic acids is 5. The number of amides is 4. The molecule has 18 heteroatoms. The molecular weight excluding hydrogens is 853 g/mol. The molecule has 8 heterocycles. The molecule has 2 unspecified atom stereocenters. The van der Waals surface area contributed by atoms with Crippen molar-refractivity contribution in [3.8, 4) is 0 Å². The van der Waals surface area contributed by atoms with E-state index in [2.05, 4.69) is 46.3 Å². The third-order valence-corrected chi connectivity index (χ3v) is 15.0. The van der Waals surface area contributed by atoms with Crippen molar-refractivity contribution >= 4 is 63.6 Å². The summed E-state index contributed by atoms with van der Waals surface area (Å²) < 4.78 is 1.72. The molecule has 18 nitrogen and oxygen atoms in total. The Morgan fingerprint density at radius 1 is 0.806 bits per heavy atom. The number of likely N-dealkylation sites (tertiary alicyclic amines) is 1. The number of piperidine rings is 2. The second-order valence-electron chi connectivity index (χ2n) is 19.2. The fraction of sp³-hybridized carbons (Fsp3) is 0.531. The van der Waals surface area contributed by atoms with Crippen LogP contribution in [0.1, 0.15) is 96.2 Å². The van der Waals surface area contributed by atoms with Crippen molar-refractivity contribution in [3.05, 3.63) is 75.3 Å². The number of hydrogen-bond acceptors (Lipinski definition) is 14. The van der Waals surface area contributed by atoms with Gasteiger partial charge in [-0.1, -0.05) is 12.8 Å². The minimum atomic E-state index is -0.616. The number of piperazine rings is 2. The lowest BCUT2D eigenvalue weighted by Crippen LogP contribution is -2.52. The van der Waals surface area contributed by atoms with Crippen LogP contribution in [0.4, 0.5) is 23.1 Å². The van der Waals surface area contributed by atoms with Crippen molar-refractivity contribution < 1.29 is 24.0 Å². The largest absolute Gasteiger partial charge is 0.369 e. The third-order valence-electron chi connectivity index (χ3n) is 15.0. The lowest BCUT2D eigenvalue weighted by Gasteiger charge is -2.40. The minimum absolute atomic E-state index is 0.00723. The Balaban J connectivity index is 0.652. The third kappa shape index (κ3) is 9.12. The molecule has 352 valence electrons. The van der Waals surface area contributed by atoms with Crippen molar-refractivity contribution in [1.82, 2.24) is 44.4 Å². The van der Waals surface area contributed by atoms with Crippen LogP contribution in [0.3, 0.4) is 0 Å². The van der Waals surface area contributed by atoms with E-state index in [1.54, 1.807) is 22.6 Å². The summed E-state index contributed by atoms with van der Waals surface area (Å²) in [7, 11) is 0. The number of aryl methyl sites for hydroxylation is 1. The number of nitrogens with one attached hydrogen (secondary N) is 2. The first-order valence-electron chi connectivity index (χ1n) is 24.1. The Morgan fingerprint density at radius 3 is 2.24 bits per heavy atom. The summed E-state index contributed by atoms with van der Waals surface area (Å²) >= 11 is 0. The number of imide groups is 1. The number of benzene rings is 1. The molecule has 5 fully saturated rings. The van der Waals surface area contributed by atoms with Crippen molar-refractivity contribution in [2.75, 3.05) is 93.7 Å². The Bertz CT molecular complexity index is 2650. The average Bonchev–Trinajstić information content (AvgIpc) is 3.97. The van der Waals surface area contributed by atoms with Crippen molar-refractivity contribution in [2.45, 2.75) is 83.8 Å². The highest BCUT2D eigenvalue weighted by atomic mass is 16.2. The lowest BCUT2D eigenvalue weighted by molar-refractivity contribution is -0.137. The maximum Gasteiger partial charge on any atom is 0.263 e. The molecule has 0 spiro atoms. The van der Waals surface area contributed by atoms with E-state index >= 15 is 0 Å². The van der Waals surface area contributed by atoms with Gasteiger partial charge in [-0.15, -0.1) is 0 Å². The molecule has 4 aromatic rings. The smallest absolute Gasteiger partial charge is 0.263 e. The normalized spacial score (nSPS) is 22.2. The van der Waals surface area contributed by atoms with Gasteiger partial charge in [-0.25, -0.2) is 9.97 Å². The summed E-state index contributed by atoms with van der Waals surface area (Å²) in [5, 5.41) is 6.30. The lowest BCUT2D eigenvalue weighted by atomic mass is 9.95. The van der Waals surface area contributed by atoms with E-state index in [1.807, 2.05) is 35.4 Å². The van der Waals surface area contributed by atoms with Gasteiger partial charge < -0.3 is 24.9 Å². The summed E-state index contributed by atoms with van der Waals surface area (Å²) in [5.74, 6) is 0.467. The standard InChI is InChI=1S/C49H60N12O6/c1-31-39-28-51-49(54-45(39)61(35-5-3-4-6-35)48(67)44(31)32(2)62)52-41-11-8-37(27-50-41)58-20-15-55(16-21-58)17-24-59-14-13-33(25-43(59)64)29-56-18-22-57(23-19-56)36-7-9-38-34(26-36)30-60(47(38)66)40-10-12-42(63)53-46(40)65/h7-9,11,26-28,33,35,40H,3-6,10,12-25,29-30H2,1-2H3,(H,53,63,65)(H,50,51,52,54). The second kappa shape index (κ2) is 18.8. The molecule has 67 heavy (non-hydrogen) atoms. The van der Waals surface area contributed by atoms with Crippen LogP contribution >= 0.6 is 0 Å². The molecule has 2 atom stereocenters. The fourth-order valence-electron chi connectivity index (χ4n) is 11.2. The number of anilines is 4. The van der Waals surface area contributed by atoms with Crippen molar-refractivity contribution in [2.24, 2.45) is 5.92 Å². The Kier molecular flexibility index (Phi) is 12.5. The molecule has 4 amide bonds. The van der Waals surface area contributed by atoms with Crippen LogP contribution < -0.4 is 26.0 Å². The summed E-state index contributed by atoms with van der Waals surface area (Å²) in [6, 6.07) is 9.31. The molecule has 0 radical (unpaired) electrons. The fourth-order valence-corrected chi connectivity index (χ4v) is 11.2. The van der Waals surface area contributed by atoms with Crippen LogP contribution in [0, 0.1) is 12.8 Å². The van der Waals surface area contributed by atoms with Gasteiger partial charge in [0.05, 0.1) is 17.4 Å². The Morgan fingerprint density at radius 2 is 1.54 bits per heavy atom. The molecule has 10 rings (SSSR count). The molecule has 4 saturated heterocycles. The van der Waals surface area contributed by atoms with Crippen LogP contribution in [0.2, 0.25) is 0 Å². The van der Waals surface area contributed by atoms with E-state index < -0.39 is 11.9 Å². The maximum atomic E-state index is 13.6. The van der Waals surface area contributed by atoms with Gasteiger partial charge in [0.1, 0.15) is 17.5 Å². The second-order valence-corrected chi connectivity index (χ2v) is 19.2. The van der Waals surface area contributed by atoms with Crippen LogP contribution in [0.25, 0.3) is 11.0 Å². The molecule has 3 aromatic heterocycles. The summed E-state index contributed by atoms with van der Waals surface area (Å²) in [4.78, 5) is 104. The molecule has 0 bridgehead atoms. The van der Waals surface area contributed by atoms with Crippen molar-refractivity contribution in [3.63, 3.8) is 0 Å². The number of ketones is 1. The molecule has 2 N–H and O–H groups in total. The van der Waals surface area contributed by atoms with Gasteiger partial charge in [0.2, 0.25) is 23.7 Å². The number of nitrogens with zero attached hydrogens (tertiary/aromatic N) is 10. The van der Waals surface area contributed by atoms with Crippen LogP contribution in [-0.4, -0.2) is 153 Å². The number of rotatable bonds is 12. The Labute approximate surface area is 389 Å². The quantitative estimate of drug-likeness (QED) is 0.155. The van der Waals surface area contributed by atoms with Gasteiger partial charge in [-0.2, -0.15) is 4.98 Å². The van der Waals surface area contributed by atoms with E-state index in [0.717, 1.165) is 128 Å². The number of carbonyl (C=O) groups is 5. The minimum Gasteiger partial charge on any atom is -0.369 e. The van der Waals surface area contributed by atoms with E-state index in [9.17, 15) is 28.8 Å². The number of hydrogen-bond donors (Lipinski definition) is 2.